The average Bonchev–Trinajstić information content (AvgIpc) is 3.85. The summed E-state index contributed by atoms with van der Waals surface area (Å²) in [5.74, 6) is -3.13. The fourth-order valence-corrected chi connectivity index (χ4v) is 5.64. The molecule has 46 heavy (non-hydrogen) atoms. The van der Waals surface area contributed by atoms with Crippen LogP contribution in [0.25, 0.3) is 0 Å². The van der Waals surface area contributed by atoms with Gasteiger partial charge in [-0.05, 0) is 35.8 Å². The number of epoxide rings is 1. The molecule has 8 atom stereocenters. The predicted molar refractivity (Wildman–Crippen MR) is 172 cm³/mol. The van der Waals surface area contributed by atoms with Crippen molar-refractivity contribution in [3.05, 3.63) is 76.8 Å². The maximum Gasteiger partial charge on any atom is 0.348 e. The van der Waals surface area contributed by atoms with Crippen LogP contribution in [-0.4, -0.2) is 61.8 Å². The smallest absolute Gasteiger partial charge is 0.348 e. The number of methoxy groups -OCH3 is 1. The van der Waals surface area contributed by atoms with Gasteiger partial charge in [0, 0.05) is 31.2 Å². The Kier molecular flexibility index (Phi) is 12.2. The second-order valence-corrected chi connectivity index (χ2v) is 12.4. The molecule has 11 heteroatoms. The molecule has 10 nitrogen and oxygen atoms in total. The molecule has 2 aromatic rings. The Morgan fingerprint density at radius 2 is 1.76 bits per heavy atom. The average molecular weight is 655 g/mol. The Balaban J connectivity index is 1.59. The second kappa shape index (κ2) is 16.1. The Hall–Kier alpha value is -3.89. The van der Waals surface area contributed by atoms with Gasteiger partial charge in [0.15, 0.2) is 0 Å². The van der Waals surface area contributed by atoms with Crippen LogP contribution in [0, 0.1) is 17.8 Å². The fraction of sp³-hybridized carbons (Fsp3) is 0.486. The monoisotopic (exact) mass is 654 g/mol. The Morgan fingerprint density at radius 3 is 2.43 bits per heavy atom. The summed E-state index contributed by atoms with van der Waals surface area (Å²) in [5, 5.41) is 5.86. The van der Waals surface area contributed by atoms with E-state index < -0.39 is 47.9 Å². The van der Waals surface area contributed by atoms with Crippen LogP contribution in [-0.2, 0) is 39.8 Å². The van der Waals surface area contributed by atoms with Gasteiger partial charge >= 0.3 is 11.9 Å². The van der Waals surface area contributed by atoms with E-state index in [2.05, 4.69) is 10.6 Å². The normalized spacial score (nSPS) is 27.4. The highest BCUT2D eigenvalue weighted by molar-refractivity contribution is 6.32. The number of carbonyl (C=O) groups is 4. The third-order valence-electron chi connectivity index (χ3n) is 8.57. The van der Waals surface area contributed by atoms with Crippen molar-refractivity contribution in [3.63, 3.8) is 0 Å². The summed E-state index contributed by atoms with van der Waals surface area (Å²) in [4.78, 5) is 53.1. The summed E-state index contributed by atoms with van der Waals surface area (Å²) >= 11 is 6.30. The highest BCUT2D eigenvalue weighted by Gasteiger charge is 2.48. The molecule has 1 fully saturated rings. The topological polar surface area (TPSA) is 133 Å². The van der Waals surface area contributed by atoms with E-state index in [1.165, 1.54) is 13.2 Å². The molecule has 2 aromatic carbocycles. The van der Waals surface area contributed by atoms with Crippen LogP contribution in [0.15, 0.2) is 60.7 Å². The number of nitrogens with one attached hydrogen (secondary N) is 2. The predicted octanol–water partition coefficient (Wildman–Crippen LogP) is 4.73. The first-order chi connectivity index (χ1) is 22.0. The van der Waals surface area contributed by atoms with E-state index >= 15 is 0 Å². The minimum Gasteiger partial charge on any atom is -0.495 e. The lowest BCUT2D eigenvalue weighted by atomic mass is 9.93. The van der Waals surface area contributed by atoms with Gasteiger partial charge in [0.2, 0.25) is 17.9 Å². The van der Waals surface area contributed by atoms with Crippen LogP contribution in [0.3, 0.4) is 0 Å². The number of cyclic esters (lactones) is 2. The quantitative estimate of drug-likeness (QED) is 0.308. The largest absolute Gasteiger partial charge is 0.495 e. The van der Waals surface area contributed by atoms with Gasteiger partial charge in [-0.15, -0.1) is 0 Å². The molecule has 2 N–H and O–H groups in total. The minimum atomic E-state index is -1.14. The molecule has 0 radical (unpaired) electrons. The maximum atomic E-state index is 13.5. The molecule has 4 rings (SSSR count). The third kappa shape index (κ3) is 9.10. The Morgan fingerprint density at radius 1 is 1.02 bits per heavy atom. The molecular formula is C35H43ClN2O8. The van der Waals surface area contributed by atoms with Gasteiger partial charge in [-0.25, -0.2) is 4.79 Å². The van der Waals surface area contributed by atoms with Crippen LogP contribution < -0.4 is 15.4 Å². The molecule has 2 heterocycles. The number of benzene rings is 2. The van der Waals surface area contributed by atoms with E-state index in [9.17, 15) is 19.2 Å². The van der Waals surface area contributed by atoms with Crippen LogP contribution in [0.1, 0.15) is 57.8 Å². The summed E-state index contributed by atoms with van der Waals surface area (Å²) in [5.41, 5.74) is 1.73. The Bertz CT molecular complexity index is 1420. The van der Waals surface area contributed by atoms with Crippen LogP contribution in [0.4, 0.5) is 0 Å². The van der Waals surface area contributed by atoms with Gasteiger partial charge in [0.1, 0.15) is 24.0 Å². The zero-order chi connectivity index (χ0) is 33.4. The lowest BCUT2D eigenvalue weighted by Crippen LogP contribution is -2.49. The van der Waals surface area contributed by atoms with Crippen molar-refractivity contribution in [2.45, 2.75) is 77.4 Å². The first-order valence-corrected chi connectivity index (χ1v) is 16.1. The van der Waals surface area contributed by atoms with E-state index in [1.807, 2.05) is 51.1 Å². The van der Waals surface area contributed by atoms with E-state index in [1.54, 1.807) is 31.2 Å². The van der Waals surface area contributed by atoms with Crippen molar-refractivity contribution in [2.24, 2.45) is 17.8 Å². The van der Waals surface area contributed by atoms with Crippen molar-refractivity contribution in [1.29, 1.82) is 0 Å². The number of hydrogen-bond donors (Lipinski definition) is 2. The van der Waals surface area contributed by atoms with Gasteiger partial charge in [0.25, 0.3) is 0 Å². The highest BCUT2D eigenvalue weighted by atomic mass is 35.5. The molecule has 0 bridgehead atoms. The fourth-order valence-electron chi connectivity index (χ4n) is 5.36. The number of amides is 2. The molecule has 0 aliphatic carbocycles. The molecule has 0 spiro atoms. The minimum absolute atomic E-state index is 0.0644. The molecule has 248 valence electrons. The van der Waals surface area contributed by atoms with Gasteiger partial charge in [-0.2, -0.15) is 0 Å². The maximum absolute atomic E-state index is 13.5. The highest BCUT2D eigenvalue weighted by Crippen LogP contribution is 2.45. The molecule has 2 amide bonds. The zero-order valence-electron chi connectivity index (χ0n) is 26.9. The van der Waals surface area contributed by atoms with Crippen molar-refractivity contribution in [1.82, 2.24) is 10.6 Å². The van der Waals surface area contributed by atoms with Crippen molar-refractivity contribution in [3.8, 4) is 5.75 Å². The van der Waals surface area contributed by atoms with Gasteiger partial charge < -0.3 is 29.6 Å². The molecule has 2 aliphatic heterocycles. The summed E-state index contributed by atoms with van der Waals surface area (Å²) in [6, 6.07) is 13.9. The Labute approximate surface area is 275 Å². The lowest BCUT2D eigenvalue weighted by Gasteiger charge is -2.28. The summed E-state index contributed by atoms with van der Waals surface area (Å²) in [7, 11) is 1.51. The molecule has 0 unspecified atom stereocenters. The molecule has 2 aliphatic rings. The molecular weight excluding hydrogens is 612 g/mol. The van der Waals surface area contributed by atoms with E-state index in [4.69, 9.17) is 30.5 Å². The number of ether oxygens (including phenoxy) is 4. The van der Waals surface area contributed by atoms with Crippen LogP contribution in [0.2, 0.25) is 5.02 Å². The molecule has 0 saturated carbocycles. The second-order valence-electron chi connectivity index (χ2n) is 12.0. The number of carbonyl (C=O) groups excluding carboxylic acids is 4. The summed E-state index contributed by atoms with van der Waals surface area (Å²) in [6.07, 6.45) is 1.69. The number of halogens is 1. The van der Waals surface area contributed by atoms with E-state index in [0.29, 0.717) is 22.8 Å². The summed E-state index contributed by atoms with van der Waals surface area (Å²) < 4.78 is 23.0. The van der Waals surface area contributed by atoms with Crippen molar-refractivity contribution < 1.29 is 38.1 Å². The summed E-state index contributed by atoms with van der Waals surface area (Å²) in [6.45, 7) is 7.19. The van der Waals surface area contributed by atoms with E-state index in [-0.39, 0.29) is 43.4 Å². The van der Waals surface area contributed by atoms with Crippen molar-refractivity contribution in [2.75, 3.05) is 13.7 Å². The van der Waals surface area contributed by atoms with Gasteiger partial charge in [-0.3, -0.25) is 14.4 Å². The van der Waals surface area contributed by atoms with Gasteiger partial charge in [0.05, 0.1) is 24.2 Å². The van der Waals surface area contributed by atoms with Crippen molar-refractivity contribution >= 4 is 35.4 Å². The zero-order valence-corrected chi connectivity index (χ0v) is 27.6. The molecule has 0 aromatic heterocycles. The van der Waals surface area contributed by atoms with E-state index in [0.717, 1.165) is 5.56 Å². The molecule has 1 saturated heterocycles. The lowest BCUT2D eigenvalue weighted by molar-refractivity contribution is -0.179. The first kappa shape index (κ1) is 35.0. The number of esters is 2. The van der Waals surface area contributed by atoms with Crippen LogP contribution >= 0.6 is 11.6 Å². The first-order valence-electron chi connectivity index (χ1n) is 15.7. The standard InChI is InChI=1S/C35H43ClN2O8/c1-6-20(2)30-35(42)44-27(22(4)31-32(45-31)24-11-8-7-9-12-24)13-10-14-29(39)38-26(33(40)37-19-21(3)34(41)46-30)18-23-15-16-28(43-5)25(36)17-23/h7-12,14-17,20-22,26-27,30-32H,6,13,18-19H2,1-5H3,(H,37,40)(H,38,39)/t20-,21+,22-,26+,27-,30-,31+,32+/m0/s1. The van der Waals surface area contributed by atoms with Gasteiger partial charge in [-0.1, -0.05) is 81.8 Å². The number of hydrogen-bond acceptors (Lipinski definition) is 8. The third-order valence-corrected chi connectivity index (χ3v) is 8.87. The SMILES string of the molecule is CC[C@H](C)[C@@H]1OC(=O)[C@H](C)CNC(=O)[C@@H](Cc2ccc(OC)c(Cl)c2)NC(=O)C=CC[C@@H]([C@H](C)[C@H]2O[C@@H]2c2ccccc2)OC1=O. The number of rotatable bonds is 8. The van der Waals surface area contributed by atoms with Crippen LogP contribution in [0.5, 0.6) is 5.75 Å².